The number of hydrogen-bond acceptors (Lipinski definition) is 3. The van der Waals surface area contributed by atoms with Crippen molar-refractivity contribution in [3.05, 3.63) is 45.5 Å². The van der Waals surface area contributed by atoms with Gasteiger partial charge in [0.1, 0.15) is 0 Å². The van der Waals surface area contributed by atoms with Gasteiger partial charge in [-0.1, -0.05) is 24.3 Å². The van der Waals surface area contributed by atoms with Crippen molar-refractivity contribution < 1.29 is 14.8 Å². The van der Waals surface area contributed by atoms with Crippen LogP contribution < -0.4 is 0 Å². The summed E-state index contributed by atoms with van der Waals surface area (Å²) in [5.74, 6) is -1.14. The van der Waals surface area contributed by atoms with Crippen LogP contribution in [-0.2, 0) is 16.6 Å². The van der Waals surface area contributed by atoms with Gasteiger partial charge in [-0.25, -0.2) is 0 Å². The van der Waals surface area contributed by atoms with Gasteiger partial charge >= 0.3 is 5.97 Å². The highest BCUT2D eigenvalue weighted by Crippen LogP contribution is 2.40. The summed E-state index contributed by atoms with van der Waals surface area (Å²) >= 11 is 0. The van der Waals surface area contributed by atoms with Crippen LogP contribution in [0, 0.1) is 10.1 Å². The fraction of sp³-hybridized carbons (Fsp3) is 0.364. The predicted molar refractivity (Wildman–Crippen MR) is 55.9 cm³/mol. The molecule has 0 radical (unpaired) electrons. The van der Waals surface area contributed by atoms with Gasteiger partial charge in [0.15, 0.2) is 5.41 Å². The zero-order chi connectivity index (χ0) is 11.9. The van der Waals surface area contributed by atoms with Crippen molar-refractivity contribution in [3.63, 3.8) is 0 Å². The Bertz CT molecular complexity index is 471. The van der Waals surface area contributed by atoms with E-state index in [4.69, 9.17) is 0 Å². The third-order valence-electron chi connectivity index (χ3n) is 3.36. The Morgan fingerprint density at radius 1 is 1.56 bits per heavy atom. The smallest absolute Gasteiger partial charge is 0.320 e. The quantitative estimate of drug-likeness (QED) is 0.601. The van der Waals surface area contributed by atoms with Crippen LogP contribution in [0.15, 0.2) is 24.3 Å². The van der Waals surface area contributed by atoms with Crippen molar-refractivity contribution in [2.45, 2.75) is 24.8 Å². The van der Waals surface area contributed by atoms with Gasteiger partial charge in [-0.05, 0) is 18.1 Å². The molecule has 0 aliphatic heterocycles. The molecule has 2 unspecified atom stereocenters. The summed E-state index contributed by atoms with van der Waals surface area (Å²) in [6, 6.07) is 5.81. The zero-order valence-corrected chi connectivity index (χ0v) is 8.71. The van der Waals surface area contributed by atoms with E-state index in [-0.39, 0.29) is 6.42 Å². The maximum absolute atomic E-state index is 11.3. The third kappa shape index (κ3) is 1.21. The molecule has 16 heavy (non-hydrogen) atoms. The van der Waals surface area contributed by atoms with Crippen molar-refractivity contribution in [1.29, 1.82) is 0 Å². The van der Waals surface area contributed by atoms with E-state index >= 15 is 0 Å². The monoisotopic (exact) mass is 221 g/mol. The number of fused-ring (bicyclic) bond motifs is 1. The van der Waals surface area contributed by atoms with Crippen molar-refractivity contribution in [3.8, 4) is 0 Å². The molecule has 0 heterocycles. The number of carbonyl (C=O) groups is 1. The van der Waals surface area contributed by atoms with E-state index in [0.717, 1.165) is 5.56 Å². The van der Waals surface area contributed by atoms with Crippen LogP contribution in [0.1, 0.15) is 18.1 Å². The fourth-order valence-corrected chi connectivity index (χ4v) is 2.34. The van der Waals surface area contributed by atoms with Gasteiger partial charge in [0, 0.05) is 11.3 Å². The molecule has 1 aromatic rings. The van der Waals surface area contributed by atoms with Gasteiger partial charge < -0.3 is 5.11 Å². The summed E-state index contributed by atoms with van der Waals surface area (Å²) in [6.45, 7) is 1.43. The largest absolute Gasteiger partial charge is 0.480 e. The van der Waals surface area contributed by atoms with Gasteiger partial charge in [-0.3, -0.25) is 14.9 Å². The average molecular weight is 221 g/mol. The Morgan fingerprint density at radius 3 is 2.75 bits per heavy atom. The molecule has 0 saturated carbocycles. The molecule has 5 heteroatoms. The summed E-state index contributed by atoms with van der Waals surface area (Å²) in [6.07, 6.45) is 0.186. The van der Waals surface area contributed by atoms with Crippen molar-refractivity contribution >= 4 is 5.97 Å². The maximum Gasteiger partial charge on any atom is 0.320 e. The van der Waals surface area contributed by atoms with Gasteiger partial charge in [0.25, 0.3) is 0 Å². The highest BCUT2D eigenvalue weighted by Gasteiger charge is 2.56. The Hall–Kier alpha value is -1.91. The molecule has 0 bridgehead atoms. The van der Waals surface area contributed by atoms with E-state index in [9.17, 15) is 20.0 Å². The van der Waals surface area contributed by atoms with E-state index < -0.39 is 22.3 Å². The second kappa shape index (κ2) is 3.30. The number of aliphatic carboxylic acids is 1. The molecule has 0 aromatic heterocycles. The number of hydrogen-bond donors (Lipinski definition) is 1. The van der Waals surface area contributed by atoms with Crippen LogP contribution in [-0.4, -0.2) is 22.0 Å². The first-order valence-corrected chi connectivity index (χ1v) is 4.93. The molecule has 2 atom stereocenters. The number of carboxylic acid groups (broad SMARTS) is 1. The molecular weight excluding hydrogens is 210 g/mol. The van der Waals surface area contributed by atoms with Gasteiger partial charge in [-0.2, -0.15) is 0 Å². The van der Waals surface area contributed by atoms with Crippen LogP contribution in [0.2, 0.25) is 0 Å². The highest BCUT2D eigenvalue weighted by atomic mass is 16.6. The van der Waals surface area contributed by atoms with Crippen LogP contribution in [0.5, 0.6) is 0 Å². The maximum atomic E-state index is 11.3. The van der Waals surface area contributed by atoms with Crippen LogP contribution >= 0.6 is 0 Å². The normalized spacial score (nSPS) is 27.4. The second-order valence-corrected chi connectivity index (χ2v) is 4.17. The second-order valence-electron chi connectivity index (χ2n) is 4.17. The minimum Gasteiger partial charge on any atom is -0.480 e. The van der Waals surface area contributed by atoms with E-state index in [1.807, 2.05) is 0 Å². The molecule has 84 valence electrons. The first-order chi connectivity index (χ1) is 7.48. The summed E-state index contributed by atoms with van der Waals surface area (Å²) < 4.78 is 0. The Labute approximate surface area is 91.9 Å². The first kappa shape index (κ1) is 10.6. The molecule has 1 aliphatic carbocycles. The van der Waals surface area contributed by atoms with E-state index in [1.54, 1.807) is 24.3 Å². The number of nitrogens with zero attached hydrogens (tertiary/aromatic N) is 1. The molecule has 0 spiro atoms. The molecule has 2 rings (SSSR count). The van der Waals surface area contributed by atoms with Crippen molar-refractivity contribution in [2.75, 3.05) is 0 Å². The van der Waals surface area contributed by atoms with Crippen molar-refractivity contribution in [2.24, 2.45) is 0 Å². The minimum absolute atomic E-state index is 0.186. The highest BCUT2D eigenvalue weighted by molar-refractivity contribution is 5.83. The van der Waals surface area contributed by atoms with E-state index in [0.29, 0.717) is 5.56 Å². The fourth-order valence-electron chi connectivity index (χ4n) is 2.34. The first-order valence-electron chi connectivity index (χ1n) is 4.93. The van der Waals surface area contributed by atoms with E-state index in [1.165, 1.54) is 6.92 Å². The molecule has 5 nitrogen and oxygen atoms in total. The Balaban J connectivity index is 2.61. The molecule has 1 N–H and O–H groups in total. The summed E-state index contributed by atoms with van der Waals surface area (Å²) in [5.41, 5.74) is -0.0987. The minimum atomic E-state index is -1.42. The molecule has 1 aliphatic rings. The van der Waals surface area contributed by atoms with Crippen LogP contribution in [0.25, 0.3) is 0 Å². The SMILES string of the molecule is CC1(C(=O)O)c2ccccc2CC1[N+](=O)[O-]. The lowest BCUT2D eigenvalue weighted by molar-refractivity contribution is -0.529. The number of benzene rings is 1. The Kier molecular flexibility index (Phi) is 2.18. The topological polar surface area (TPSA) is 80.4 Å². The number of nitro groups is 1. The van der Waals surface area contributed by atoms with Gasteiger partial charge in [0.2, 0.25) is 6.04 Å². The summed E-state index contributed by atoms with van der Waals surface area (Å²) in [7, 11) is 0. The van der Waals surface area contributed by atoms with E-state index in [2.05, 4.69) is 0 Å². The van der Waals surface area contributed by atoms with Crippen LogP contribution in [0.3, 0.4) is 0 Å². The lowest BCUT2D eigenvalue weighted by atomic mass is 9.81. The Morgan fingerprint density at radius 2 is 2.19 bits per heavy atom. The summed E-state index contributed by atoms with van der Waals surface area (Å²) in [4.78, 5) is 21.7. The predicted octanol–water partition coefficient (Wildman–Crippen LogP) is 1.23. The van der Waals surface area contributed by atoms with Gasteiger partial charge in [-0.15, -0.1) is 0 Å². The molecule has 0 saturated heterocycles. The van der Waals surface area contributed by atoms with Gasteiger partial charge in [0.05, 0.1) is 0 Å². The lowest BCUT2D eigenvalue weighted by Gasteiger charge is -2.21. The average Bonchev–Trinajstić information content (AvgIpc) is 2.54. The molecule has 0 amide bonds. The number of rotatable bonds is 2. The van der Waals surface area contributed by atoms with Crippen LogP contribution in [0.4, 0.5) is 0 Å². The third-order valence-corrected chi connectivity index (χ3v) is 3.36. The standard InChI is InChI=1S/C11H11NO4/c1-11(10(13)14)8-5-3-2-4-7(8)6-9(11)12(15)16/h2-5,9H,6H2,1H3,(H,13,14). The zero-order valence-electron chi connectivity index (χ0n) is 8.71. The number of carboxylic acids is 1. The molecule has 1 aromatic carbocycles. The summed E-state index contributed by atoms with van der Waals surface area (Å²) in [5, 5.41) is 20.2. The molecular formula is C11H11NO4. The lowest BCUT2D eigenvalue weighted by Crippen LogP contribution is -2.45. The molecule has 0 fully saturated rings. The van der Waals surface area contributed by atoms with Crippen molar-refractivity contribution in [1.82, 2.24) is 0 Å².